The summed E-state index contributed by atoms with van der Waals surface area (Å²) in [6.45, 7) is 5.96. The lowest BCUT2D eigenvalue weighted by atomic mass is 9.80. The van der Waals surface area contributed by atoms with Gasteiger partial charge in [-0.3, -0.25) is 0 Å². The fraction of sp³-hybridized carbons (Fsp3) is 0.647. The topological polar surface area (TPSA) is 12.0 Å². The van der Waals surface area contributed by atoms with Crippen LogP contribution in [0.4, 0.5) is 0 Å². The number of rotatable bonds is 5. The van der Waals surface area contributed by atoms with Crippen molar-refractivity contribution in [3.8, 4) is 0 Å². The quantitative estimate of drug-likeness (QED) is 0.772. The lowest BCUT2D eigenvalue weighted by molar-refractivity contribution is 0.228. The molecular formula is C17H27N. The fourth-order valence-corrected chi connectivity index (χ4v) is 3.19. The molecule has 1 nitrogen and oxygen atoms in total. The molecule has 0 radical (unpaired) electrons. The number of hydrogen-bond acceptors (Lipinski definition) is 1. The molecule has 1 aliphatic carbocycles. The minimum Gasteiger partial charge on any atom is -0.314 e. The first kappa shape index (κ1) is 13.6. The third-order valence-corrected chi connectivity index (χ3v) is 4.32. The van der Waals surface area contributed by atoms with Crippen molar-refractivity contribution in [2.24, 2.45) is 11.8 Å². The van der Waals surface area contributed by atoms with E-state index in [2.05, 4.69) is 49.5 Å². The highest BCUT2D eigenvalue weighted by Gasteiger charge is 2.24. The molecule has 0 spiro atoms. The Hall–Kier alpha value is -0.820. The summed E-state index contributed by atoms with van der Waals surface area (Å²) in [5.41, 5.74) is 1.46. The maximum atomic E-state index is 3.76. The molecule has 1 N–H and O–H groups in total. The molecule has 3 atom stereocenters. The Kier molecular flexibility index (Phi) is 5.25. The van der Waals surface area contributed by atoms with Gasteiger partial charge in [0.25, 0.3) is 0 Å². The summed E-state index contributed by atoms with van der Waals surface area (Å²) in [5.74, 6) is 1.79. The molecule has 0 bridgehead atoms. The highest BCUT2D eigenvalue weighted by atomic mass is 14.9. The Morgan fingerprint density at radius 2 is 1.89 bits per heavy atom. The van der Waals surface area contributed by atoms with Gasteiger partial charge in [-0.25, -0.2) is 0 Å². The Bertz CT molecular complexity index is 333. The van der Waals surface area contributed by atoms with Crippen molar-refractivity contribution >= 4 is 0 Å². The van der Waals surface area contributed by atoms with Crippen molar-refractivity contribution in [3.63, 3.8) is 0 Å². The monoisotopic (exact) mass is 245 g/mol. The summed E-state index contributed by atoms with van der Waals surface area (Å²) in [5, 5.41) is 3.76. The summed E-state index contributed by atoms with van der Waals surface area (Å²) in [7, 11) is 0. The van der Waals surface area contributed by atoms with E-state index < -0.39 is 0 Å². The third kappa shape index (κ3) is 4.13. The van der Waals surface area contributed by atoms with Crippen molar-refractivity contribution in [1.29, 1.82) is 0 Å². The van der Waals surface area contributed by atoms with Crippen LogP contribution >= 0.6 is 0 Å². The molecule has 0 aromatic heterocycles. The van der Waals surface area contributed by atoms with Gasteiger partial charge in [0.05, 0.1) is 0 Å². The summed E-state index contributed by atoms with van der Waals surface area (Å²) in [4.78, 5) is 0. The van der Waals surface area contributed by atoms with Gasteiger partial charge in [0, 0.05) is 6.04 Å². The SMILES string of the molecule is CC1CCC(NCCCc2ccccc2)C(C)C1. The zero-order valence-corrected chi connectivity index (χ0v) is 11.9. The first-order valence-electron chi connectivity index (χ1n) is 7.53. The van der Waals surface area contributed by atoms with Gasteiger partial charge in [-0.05, 0) is 56.0 Å². The van der Waals surface area contributed by atoms with Gasteiger partial charge in [-0.15, -0.1) is 0 Å². The average molecular weight is 245 g/mol. The molecule has 0 heterocycles. The predicted molar refractivity (Wildman–Crippen MR) is 78.7 cm³/mol. The normalized spacial score (nSPS) is 28.2. The molecule has 0 saturated heterocycles. The Labute approximate surface area is 112 Å². The van der Waals surface area contributed by atoms with Gasteiger partial charge in [-0.1, -0.05) is 44.2 Å². The molecule has 2 rings (SSSR count). The van der Waals surface area contributed by atoms with Crippen LogP contribution in [0.1, 0.15) is 45.1 Å². The number of hydrogen-bond donors (Lipinski definition) is 1. The average Bonchev–Trinajstić information content (AvgIpc) is 2.38. The second-order valence-electron chi connectivity index (χ2n) is 6.05. The van der Waals surface area contributed by atoms with Gasteiger partial charge in [0.15, 0.2) is 0 Å². The van der Waals surface area contributed by atoms with Crippen molar-refractivity contribution in [3.05, 3.63) is 35.9 Å². The van der Waals surface area contributed by atoms with Crippen LogP contribution in [0.2, 0.25) is 0 Å². The van der Waals surface area contributed by atoms with Crippen molar-refractivity contribution in [2.75, 3.05) is 6.54 Å². The number of aryl methyl sites for hydroxylation is 1. The van der Waals surface area contributed by atoms with E-state index in [1.165, 1.54) is 37.7 Å². The van der Waals surface area contributed by atoms with Crippen LogP contribution in [-0.4, -0.2) is 12.6 Å². The molecular weight excluding hydrogens is 218 g/mol. The van der Waals surface area contributed by atoms with Crippen molar-refractivity contribution in [1.82, 2.24) is 5.32 Å². The van der Waals surface area contributed by atoms with Crippen LogP contribution in [0.15, 0.2) is 30.3 Å². The maximum Gasteiger partial charge on any atom is 0.00928 e. The summed E-state index contributed by atoms with van der Waals surface area (Å²) in [6.07, 6.45) is 6.62. The van der Waals surface area contributed by atoms with E-state index in [0.29, 0.717) is 0 Å². The van der Waals surface area contributed by atoms with E-state index in [9.17, 15) is 0 Å². The van der Waals surface area contributed by atoms with E-state index in [1.807, 2.05) is 0 Å². The maximum absolute atomic E-state index is 3.76. The molecule has 1 saturated carbocycles. The molecule has 1 aromatic carbocycles. The van der Waals surface area contributed by atoms with Gasteiger partial charge in [-0.2, -0.15) is 0 Å². The predicted octanol–water partition coefficient (Wildman–Crippen LogP) is 4.03. The largest absolute Gasteiger partial charge is 0.314 e. The molecule has 3 unspecified atom stereocenters. The molecule has 100 valence electrons. The van der Waals surface area contributed by atoms with Gasteiger partial charge in [0.2, 0.25) is 0 Å². The second kappa shape index (κ2) is 6.94. The highest BCUT2D eigenvalue weighted by Crippen LogP contribution is 2.28. The fourth-order valence-electron chi connectivity index (χ4n) is 3.19. The minimum atomic E-state index is 0.761. The summed E-state index contributed by atoms with van der Waals surface area (Å²) in [6, 6.07) is 11.6. The molecule has 0 aliphatic heterocycles. The van der Waals surface area contributed by atoms with Crippen LogP contribution in [0.25, 0.3) is 0 Å². The smallest absolute Gasteiger partial charge is 0.00928 e. The zero-order valence-electron chi connectivity index (χ0n) is 11.9. The molecule has 1 aliphatic rings. The molecule has 1 fully saturated rings. The lowest BCUT2D eigenvalue weighted by Crippen LogP contribution is -2.39. The van der Waals surface area contributed by atoms with Crippen LogP contribution in [0, 0.1) is 11.8 Å². The van der Waals surface area contributed by atoms with E-state index in [-0.39, 0.29) is 0 Å². The molecule has 1 aromatic rings. The van der Waals surface area contributed by atoms with E-state index in [1.54, 1.807) is 0 Å². The van der Waals surface area contributed by atoms with E-state index in [4.69, 9.17) is 0 Å². The van der Waals surface area contributed by atoms with Crippen molar-refractivity contribution in [2.45, 2.75) is 52.0 Å². The molecule has 0 amide bonds. The first-order chi connectivity index (χ1) is 8.75. The summed E-state index contributed by atoms with van der Waals surface area (Å²) < 4.78 is 0. The Morgan fingerprint density at radius 3 is 2.61 bits per heavy atom. The van der Waals surface area contributed by atoms with Crippen LogP contribution in [0.5, 0.6) is 0 Å². The standard InChI is InChI=1S/C17H27N/c1-14-10-11-17(15(2)13-14)18-12-6-9-16-7-4-3-5-8-16/h3-5,7-8,14-15,17-18H,6,9-13H2,1-2H3. The Balaban J connectivity index is 1.64. The second-order valence-corrected chi connectivity index (χ2v) is 6.05. The number of nitrogens with one attached hydrogen (secondary N) is 1. The van der Waals surface area contributed by atoms with Crippen LogP contribution in [0.3, 0.4) is 0 Å². The molecule has 1 heteroatoms. The number of benzene rings is 1. The van der Waals surface area contributed by atoms with E-state index >= 15 is 0 Å². The van der Waals surface area contributed by atoms with E-state index in [0.717, 1.165) is 24.4 Å². The first-order valence-corrected chi connectivity index (χ1v) is 7.53. The summed E-state index contributed by atoms with van der Waals surface area (Å²) >= 11 is 0. The highest BCUT2D eigenvalue weighted by molar-refractivity contribution is 5.14. The lowest BCUT2D eigenvalue weighted by Gasteiger charge is -2.33. The van der Waals surface area contributed by atoms with Gasteiger partial charge < -0.3 is 5.32 Å². The van der Waals surface area contributed by atoms with Crippen LogP contribution in [-0.2, 0) is 6.42 Å². The third-order valence-electron chi connectivity index (χ3n) is 4.32. The van der Waals surface area contributed by atoms with Crippen LogP contribution < -0.4 is 5.32 Å². The van der Waals surface area contributed by atoms with Crippen molar-refractivity contribution < 1.29 is 0 Å². The molecule has 18 heavy (non-hydrogen) atoms. The zero-order chi connectivity index (χ0) is 12.8. The minimum absolute atomic E-state index is 0.761. The Morgan fingerprint density at radius 1 is 1.11 bits per heavy atom. The van der Waals surface area contributed by atoms with Gasteiger partial charge in [0.1, 0.15) is 0 Å². The van der Waals surface area contributed by atoms with Gasteiger partial charge >= 0.3 is 0 Å².